The Morgan fingerprint density at radius 3 is 2.20 bits per heavy atom. The van der Waals surface area contributed by atoms with Gasteiger partial charge in [-0.05, 0) is 74.7 Å². The van der Waals surface area contributed by atoms with E-state index in [0.717, 1.165) is 36.8 Å². The lowest BCUT2D eigenvalue weighted by molar-refractivity contribution is -0.103. The number of hydrogen-bond acceptors (Lipinski definition) is 2. The molecule has 152 valence electrons. The van der Waals surface area contributed by atoms with Crippen molar-refractivity contribution in [2.24, 2.45) is 29.1 Å². The van der Waals surface area contributed by atoms with Gasteiger partial charge >= 0.3 is 0 Å². The Bertz CT molecular complexity index is 357. The number of rotatable bonds is 7. The molecule has 0 heterocycles. The molecule has 5 heteroatoms. The molecule has 0 aromatic heterocycles. The highest BCUT2D eigenvalue weighted by Crippen LogP contribution is 2.61. The first-order chi connectivity index (χ1) is 10.6. The van der Waals surface area contributed by atoms with Crippen molar-refractivity contribution in [3.63, 3.8) is 0 Å². The molecule has 0 saturated heterocycles. The molecule has 2 N–H and O–H groups in total. The fourth-order valence-electron chi connectivity index (χ4n) is 5.68. The van der Waals surface area contributed by atoms with Gasteiger partial charge in [-0.2, -0.15) is 40.5 Å². The van der Waals surface area contributed by atoms with Crippen molar-refractivity contribution < 1.29 is 0 Å². The highest BCUT2D eigenvalue weighted by molar-refractivity contribution is 7.59. The zero-order valence-corrected chi connectivity index (χ0v) is 19.7. The average molecular weight is 409 g/mol. The highest BCUT2D eigenvalue weighted by atomic mass is 32.1. The summed E-state index contributed by atoms with van der Waals surface area (Å²) in [6, 6.07) is 0.711. The molecule has 4 saturated carbocycles. The zero-order chi connectivity index (χ0) is 15.6. The summed E-state index contributed by atoms with van der Waals surface area (Å²) in [6.45, 7) is 10.9. The lowest BCUT2D eigenvalue weighted by atomic mass is 9.45. The molecule has 4 aliphatic carbocycles. The molecule has 0 aromatic carbocycles. The van der Waals surface area contributed by atoms with Crippen LogP contribution in [-0.2, 0) is 0 Å². The van der Waals surface area contributed by atoms with E-state index >= 15 is 0 Å². The quantitative estimate of drug-likeness (QED) is 0.604. The summed E-state index contributed by atoms with van der Waals surface area (Å²) >= 11 is 0. The molecule has 0 radical (unpaired) electrons. The van der Waals surface area contributed by atoms with Gasteiger partial charge < -0.3 is 10.6 Å². The summed E-state index contributed by atoms with van der Waals surface area (Å²) in [4.78, 5) is 0. The van der Waals surface area contributed by atoms with Crippen molar-refractivity contribution in [1.29, 1.82) is 0 Å². The van der Waals surface area contributed by atoms with Crippen molar-refractivity contribution in [1.82, 2.24) is 10.6 Å². The lowest BCUT2D eigenvalue weighted by Crippen LogP contribution is -2.54. The summed E-state index contributed by atoms with van der Waals surface area (Å²) < 4.78 is 0. The first-order valence-corrected chi connectivity index (χ1v) is 10.0. The van der Waals surface area contributed by atoms with Gasteiger partial charge in [0, 0.05) is 19.1 Å². The Morgan fingerprint density at radius 2 is 1.60 bits per heavy atom. The first kappa shape index (κ1) is 26.0. The fourth-order valence-corrected chi connectivity index (χ4v) is 5.68. The molecular formula is C20H44N2S3. The molecule has 25 heavy (non-hydrogen) atoms. The molecule has 4 atom stereocenters. The summed E-state index contributed by atoms with van der Waals surface area (Å²) in [5, 5.41) is 7.51. The largest absolute Gasteiger partial charge is 0.315 e. The van der Waals surface area contributed by atoms with Crippen molar-refractivity contribution in [2.75, 3.05) is 19.6 Å². The summed E-state index contributed by atoms with van der Waals surface area (Å²) in [5.41, 5.74) is 0.637. The molecule has 0 amide bonds. The predicted molar refractivity (Wildman–Crippen MR) is 126 cm³/mol. The van der Waals surface area contributed by atoms with Gasteiger partial charge in [-0.15, -0.1) is 0 Å². The van der Waals surface area contributed by atoms with Crippen molar-refractivity contribution in [3.05, 3.63) is 0 Å². The lowest BCUT2D eigenvalue weighted by Gasteiger charge is -2.60. The van der Waals surface area contributed by atoms with Crippen molar-refractivity contribution >= 4 is 40.5 Å². The standard InChI is InChI=1S/C20H38N2.3H2S/c1-15(16-7-5-4-6-8-16)22-12-11-21-14-17-9-10-18-13-19(17)20(18,2)3;;;/h15-19,21-22H,4-14H2,1-3H3;3*1H2/t15-,17?,18?,19-;;;/m0.../s1. The van der Waals surface area contributed by atoms with E-state index < -0.39 is 0 Å². The van der Waals surface area contributed by atoms with Crippen molar-refractivity contribution in [2.45, 2.75) is 78.2 Å². The van der Waals surface area contributed by atoms with Gasteiger partial charge in [0.2, 0.25) is 0 Å². The first-order valence-electron chi connectivity index (χ1n) is 10.0. The third kappa shape index (κ3) is 6.23. The Balaban J connectivity index is 0.00000192. The molecule has 0 aromatic rings. The van der Waals surface area contributed by atoms with Crippen LogP contribution < -0.4 is 10.6 Å². The van der Waals surface area contributed by atoms with Crippen molar-refractivity contribution in [3.8, 4) is 0 Å². The van der Waals surface area contributed by atoms with E-state index in [0.29, 0.717) is 11.5 Å². The van der Waals surface area contributed by atoms with Crippen LogP contribution in [0.3, 0.4) is 0 Å². The van der Waals surface area contributed by atoms with Gasteiger partial charge in [0.15, 0.2) is 0 Å². The Labute approximate surface area is 177 Å². The third-order valence-corrected chi connectivity index (χ3v) is 7.53. The monoisotopic (exact) mass is 408 g/mol. The fraction of sp³-hybridized carbons (Fsp3) is 1.00. The van der Waals surface area contributed by atoms with Gasteiger partial charge in [0.05, 0.1) is 0 Å². The number of nitrogens with one attached hydrogen (secondary N) is 2. The van der Waals surface area contributed by atoms with Crippen LogP contribution in [0.1, 0.15) is 72.1 Å². The molecule has 0 spiro atoms. The van der Waals surface area contributed by atoms with Gasteiger partial charge in [-0.25, -0.2) is 0 Å². The van der Waals surface area contributed by atoms with Crippen LogP contribution in [0.15, 0.2) is 0 Å². The van der Waals surface area contributed by atoms with Gasteiger partial charge in [-0.1, -0.05) is 33.1 Å². The van der Waals surface area contributed by atoms with E-state index in [4.69, 9.17) is 0 Å². The van der Waals surface area contributed by atoms with Crippen LogP contribution in [0.25, 0.3) is 0 Å². The summed E-state index contributed by atoms with van der Waals surface area (Å²) in [5.74, 6) is 3.90. The Kier molecular flexibility index (Phi) is 12.2. The van der Waals surface area contributed by atoms with E-state index in [2.05, 4.69) is 31.4 Å². The van der Waals surface area contributed by atoms with Gasteiger partial charge in [0.25, 0.3) is 0 Å². The Morgan fingerprint density at radius 1 is 0.920 bits per heavy atom. The maximum atomic E-state index is 3.76. The minimum Gasteiger partial charge on any atom is -0.315 e. The van der Waals surface area contributed by atoms with Gasteiger partial charge in [0.1, 0.15) is 0 Å². The number of fused-ring (bicyclic) bond motifs is 2. The molecule has 0 aliphatic heterocycles. The maximum absolute atomic E-state index is 3.76. The summed E-state index contributed by atoms with van der Waals surface area (Å²) in [7, 11) is 0. The number of hydrogen-bond donors (Lipinski definition) is 2. The second kappa shape index (κ2) is 11.7. The zero-order valence-electron chi connectivity index (χ0n) is 16.7. The molecule has 2 unspecified atom stereocenters. The van der Waals surface area contributed by atoms with Crippen LogP contribution in [0.4, 0.5) is 0 Å². The smallest absolute Gasteiger partial charge is 0.00793 e. The SMILES string of the molecule is C[C@H](NCCNCC1CCC2C[C@@H]1C2(C)C)C1CCCCC1.S.S.S. The molecule has 2 bridgehead atoms. The highest BCUT2D eigenvalue weighted by Gasteiger charge is 2.53. The van der Waals surface area contributed by atoms with E-state index in [1.807, 2.05) is 0 Å². The van der Waals surface area contributed by atoms with Crippen LogP contribution in [0.2, 0.25) is 0 Å². The van der Waals surface area contributed by atoms with Crippen LogP contribution in [-0.4, -0.2) is 25.7 Å². The second-order valence-electron chi connectivity index (χ2n) is 9.04. The van der Waals surface area contributed by atoms with Gasteiger partial charge in [-0.3, -0.25) is 0 Å². The normalized spacial score (nSPS) is 31.6. The molecule has 4 rings (SSSR count). The minimum absolute atomic E-state index is 0. The molecule has 4 aliphatic rings. The Hall–Kier alpha value is 0.970. The van der Waals surface area contributed by atoms with E-state index in [1.54, 1.807) is 0 Å². The maximum Gasteiger partial charge on any atom is 0.00793 e. The second-order valence-corrected chi connectivity index (χ2v) is 9.04. The topological polar surface area (TPSA) is 24.1 Å². The minimum atomic E-state index is 0. The van der Waals surface area contributed by atoms with E-state index in [-0.39, 0.29) is 40.5 Å². The predicted octanol–water partition coefficient (Wildman–Crippen LogP) is 4.55. The van der Waals surface area contributed by atoms with E-state index in [1.165, 1.54) is 57.9 Å². The van der Waals surface area contributed by atoms with E-state index in [9.17, 15) is 0 Å². The third-order valence-electron chi connectivity index (χ3n) is 7.53. The van der Waals surface area contributed by atoms with Crippen LogP contribution >= 0.6 is 40.5 Å². The average Bonchev–Trinajstić information content (AvgIpc) is 2.55. The molecule has 2 nitrogen and oxygen atoms in total. The van der Waals surface area contributed by atoms with Crippen LogP contribution in [0, 0.1) is 29.1 Å². The van der Waals surface area contributed by atoms with Crippen LogP contribution in [0.5, 0.6) is 0 Å². The summed E-state index contributed by atoms with van der Waals surface area (Å²) in [6.07, 6.45) is 11.7. The molecule has 4 fully saturated rings. The molecular weight excluding hydrogens is 364 g/mol.